The number of nitrogen functional groups attached to an aromatic ring is 1. The second kappa shape index (κ2) is 9.31. The Kier molecular flexibility index (Phi) is 5.85. The third-order valence-corrected chi connectivity index (χ3v) is 12.5. The van der Waals surface area contributed by atoms with E-state index in [4.69, 9.17) is 25.4 Å². The van der Waals surface area contributed by atoms with Crippen LogP contribution in [0.5, 0.6) is 6.01 Å². The van der Waals surface area contributed by atoms with Gasteiger partial charge in [0.15, 0.2) is 0 Å². The van der Waals surface area contributed by atoms with Crippen LogP contribution in [0.4, 0.5) is 21.3 Å². The van der Waals surface area contributed by atoms with Gasteiger partial charge < -0.3 is 25.6 Å². The van der Waals surface area contributed by atoms with Crippen LogP contribution in [0, 0.1) is 11.3 Å². The van der Waals surface area contributed by atoms with Crippen molar-refractivity contribution in [3.63, 3.8) is 0 Å². The predicted octanol–water partition coefficient (Wildman–Crippen LogP) is 2.16. The van der Waals surface area contributed by atoms with Crippen molar-refractivity contribution in [1.82, 2.24) is 25.2 Å². The van der Waals surface area contributed by atoms with Crippen LogP contribution in [-0.4, -0.2) is 88.9 Å². The lowest BCUT2D eigenvalue weighted by atomic mass is 9.88. The van der Waals surface area contributed by atoms with Gasteiger partial charge in [-0.05, 0) is 32.2 Å². The van der Waals surface area contributed by atoms with Gasteiger partial charge in [-0.3, -0.25) is 9.69 Å². The van der Waals surface area contributed by atoms with Crippen LogP contribution >= 0.6 is 23.1 Å². The zero-order valence-corrected chi connectivity index (χ0v) is 24.3. The van der Waals surface area contributed by atoms with Crippen molar-refractivity contribution in [1.29, 1.82) is 5.26 Å². The number of amides is 1. The molecule has 5 fully saturated rings. The molecule has 0 saturated carbocycles. The van der Waals surface area contributed by atoms with Gasteiger partial charge in [0.1, 0.15) is 23.8 Å². The fourth-order valence-electron chi connectivity index (χ4n) is 7.94. The monoisotopic (exact) mass is 597 g/mol. The molecule has 8 heterocycles. The lowest BCUT2D eigenvalue weighted by molar-refractivity contribution is -0.121. The van der Waals surface area contributed by atoms with Crippen LogP contribution in [0.3, 0.4) is 0 Å². The number of nitrogens with one attached hydrogen (secondary N) is 1. The van der Waals surface area contributed by atoms with Crippen molar-refractivity contribution in [2.45, 2.75) is 72.8 Å². The van der Waals surface area contributed by atoms with Crippen molar-refractivity contribution < 1.29 is 13.9 Å². The van der Waals surface area contributed by atoms with E-state index in [0.29, 0.717) is 68.1 Å². The summed E-state index contributed by atoms with van der Waals surface area (Å²) in [5.74, 6) is 1.97. The van der Waals surface area contributed by atoms with E-state index in [9.17, 15) is 14.4 Å². The van der Waals surface area contributed by atoms with Gasteiger partial charge in [0.2, 0.25) is 17.8 Å². The number of carbonyl (C=O) groups is 1. The average Bonchev–Trinajstić information content (AvgIpc) is 3.69. The standard InChI is InChI=1S/C27H32FN9O2S2/c28-15-7-26(4-1-5-36(26)10-15)14-39-25-33-23(32-24(34-25)37-16-2-3-17(37)9-31-20(38)6-16)35-12-27(13-35)21-18(8-29)22(30)41-19(21)11-40-27/h15-17H,1-7,9-14,30H2,(H,31,38)/t15-,16?,17?,26+/m1/s1. The molecule has 6 aliphatic heterocycles. The lowest BCUT2D eigenvalue weighted by Gasteiger charge is -2.47. The Balaban J connectivity index is 1.11. The lowest BCUT2D eigenvalue weighted by Crippen LogP contribution is -2.57. The molecule has 6 aliphatic rings. The maximum atomic E-state index is 14.4. The maximum absolute atomic E-state index is 14.4. The first-order valence-corrected chi connectivity index (χ1v) is 16.2. The summed E-state index contributed by atoms with van der Waals surface area (Å²) in [7, 11) is 0. The molecule has 14 heteroatoms. The Morgan fingerprint density at radius 2 is 2.05 bits per heavy atom. The van der Waals surface area contributed by atoms with E-state index >= 15 is 0 Å². The Hall–Kier alpha value is -2.89. The topological polar surface area (TPSA) is 137 Å². The first-order valence-electron chi connectivity index (χ1n) is 14.4. The number of rotatable bonds is 5. The van der Waals surface area contributed by atoms with E-state index in [2.05, 4.69) is 26.1 Å². The highest BCUT2D eigenvalue weighted by molar-refractivity contribution is 8.00. The second-order valence-corrected chi connectivity index (χ2v) is 14.8. The molecule has 2 aromatic heterocycles. The van der Waals surface area contributed by atoms with Crippen molar-refractivity contribution in [3.05, 3.63) is 16.0 Å². The molecule has 2 bridgehead atoms. The number of thiophene rings is 1. The Labute approximate surface area is 245 Å². The number of hydrogen-bond donors (Lipinski definition) is 2. The van der Waals surface area contributed by atoms with Gasteiger partial charge in [0.05, 0.1) is 15.8 Å². The number of alkyl halides is 1. The minimum atomic E-state index is -0.836. The number of nitriles is 1. The maximum Gasteiger partial charge on any atom is 0.323 e. The molecule has 0 aliphatic carbocycles. The number of halogens is 1. The first kappa shape index (κ1) is 25.8. The number of thioether (sulfide) groups is 1. The molecule has 1 amide bonds. The predicted molar refractivity (Wildman–Crippen MR) is 154 cm³/mol. The summed E-state index contributed by atoms with van der Waals surface area (Å²) in [6.07, 6.45) is 3.86. The number of nitrogens with two attached hydrogens (primary N) is 1. The number of aromatic nitrogens is 3. The van der Waals surface area contributed by atoms with Crippen molar-refractivity contribution in [3.8, 4) is 12.1 Å². The normalized spacial score (nSPS) is 31.5. The minimum absolute atomic E-state index is 0.0271. The molecule has 11 nitrogen and oxygen atoms in total. The molecule has 1 spiro atoms. The van der Waals surface area contributed by atoms with Crippen LogP contribution in [0.2, 0.25) is 0 Å². The molecule has 216 valence electrons. The van der Waals surface area contributed by atoms with Crippen molar-refractivity contribution in [2.75, 3.05) is 54.9 Å². The summed E-state index contributed by atoms with van der Waals surface area (Å²) in [5, 5.41) is 13.4. The summed E-state index contributed by atoms with van der Waals surface area (Å²) in [6.45, 7) is 3.57. The van der Waals surface area contributed by atoms with Gasteiger partial charge in [0.25, 0.3) is 0 Å². The first-order chi connectivity index (χ1) is 19.9. The fourth-order valence-corrected chi connectivity index (χ4v) is 10.7. The van der Waals surface area contributed by atoms with E-state index in [-0.39, 0.29) is 34.3 Å². The second-order valence-electron chi connectivity index (χ2n) is 12.3. The van der Waals surface area contributed by atoms with Crippen LogP contribution in [0.15, 0.2) is 0 Å². The quantitative estimate of drug-likeness (QED) is 0.525. The molecule has 0 radical (unpaired) electrons. The molecular weight excluding hydrogens is 565 g/mol. The molecule has 5 saturated heterocycles. The third kappa shape index (κ3) is 3.99. The summed E-state index contributed by atoms with van der Waals surface area (Å²) in [6, 6.07) is 2.71. The molecule has 0 aromatic carbocycles. The third-order valence-electron chi connectivity index (χ3n) is 9.86. The molecular formula is C27H32FN9O2S2. The number of carbonyl (C=O) groups excluding carboxylic acids is 1. The Bertz CT molecular complexity index is 1460. The SMILES string of the molecule is N#Cc1c(N)sc2c1C1(CN(c3nc(OC[C@@]45CCCN4C[C@H](F)C5)nc(N4C5CCC4CC(=O)NC5)n3)C1)SC2. The largest absolute Gasteiger partial charge is 0.461 e. The van der Waals surface area contributed by atoms with Gasteiger partial charge in [-0.15, -0.1) is 23.1 Å². The number of anilines is 3. The Morgan fingerprint density at radius 1 is 1.22 bits per heavy atom. The van der Waals surface area contributed by atoms with Crippen LogP contribution < -0.4 is 25.6 Å². The highest BCUT2D eigenvalue weighted by Gasteiger charge is 2.54. The molecule has 41 heavy (non-hydrogen) atoms. The smallest absolute Gasteiger partial charge is 0.323 e. The van der Waals surface area contributed by atoms with E-state index < -0.39 is 6.17 Å². The van der Waals surface area contributed by atoms with Gasteiger partial charge in [-0.25, -0.2) is 4.39 Å². The zero-order chi connectivity index (χ0) is 27.9. The number of nitrogens with zero attached hydrogens (tertiary/aromatic N) is 7. The van der Waals surface area contributed by atoms with Crippen LogP contribution in [0.25, 0.3) is 0 Å². The highest BCUT2D eigenvalue weighted by Crippen LogP contribution is 2.57. The summed E-state index contributed by atoms with van der Waals surface area (Å²) >= 11 is 3.37. The Morgan fingerprint density at radius 3 is 2.90 bits per heavy atom. The molecule has 4 atom stereocenters. The minimum Gasteiger partial charge on any atom is -0.461 e. The molecule has 2 unspecified atom stereocenters. The average molecular weight is 598 g/mol. The van der Waals surface area contributed by atoms with E-state index in [0.717, 1.165) is 43.5 Å². The highest BCUT2D eigenvalue weighted by atomic mass is 32.2. The van der Waals surface area contributed by atoms with E-state index in [1.807, 2.05) is 11.8 Å². The summed E-state index contributed by atoms with van der Waals surface area (Å²) < 4.78 is 20.5. The van der Waals surface area contributed by atoms with Gasteiger partial charge in [-0.2, -0.15) is 20.2 Å². The van der Waals surface area contributed by atoms with Crippen LogP contribution in [0.1, 0.15) is 54.5 Å². The summed E-state index contributed by atoms with van der Waals surface area (Å²) in [5.41, 5.74) is 7.55. The molecule has 3 N–H and O–H groups in total. The van der Waals surface area contributed by atoms with Gasteiger partial charge in [0, 0.05) is 67.3 Å². The molecule has 2 aromatic rings. The van der Waals surface area contributed by atoms with Gasteiger partial charge in [-0.1, -0.05) is 0 Å². The zero-order valence-electron chi connectivity index (χ0n) is 22.6. The number of ether oxygens (including phenoxy) is 1. The summed E-state index contributed by atoms with van der Waals surface area (Å²) in [4.78, 5) is 34.5. The van der Waals surface area contributed by atoms with E-state index in [1.54, 1.807) is 0 Å². The fraction of sp³-hybridized carbons (Fsp3) is 0.667. The van der Waals surface area contributed by atoms with E-state index in [1.165, 1.54) is 16.2 Å². The van der Waals surface area contributed by atoms with Crippen molar-refractivity contribution in [2.24, 2.45) is 0 Å². The molecule has 8 rings (SSSR count). The van der Waals surface area contributed by atoms with Crippen molar-refractivity contribution >= 4 is 45.9 Å². The van der Waals surface area contributed by atoms with Gasteiger partial charge >= 0.3 is 6.01 Å². The number of fused-ring (bicyclic) bond motifs is 5. The van der Waals surface area contributed by atoms with Crippen LogP contribution in [-0.2, 0) is 15.3 Å². The number of hydrogen-bond acceptors (Lipinski definition) is 12.